The Labute approximate surface area is 165 Å². The minimum Gasteiger partial charge on any atom is -0.484 e. The molecule has 4 N–H and O–H groups in total. The van der Waals surface area contributed by atoms with E-state index in [1.54, 1.807) is 0 Å². The molecule has 0 aromatic heterocycles. The highest BCUT2D eigenvalue weighted by Crippen LogP contribution is 2.52. The molecule has 27 heavy (non-hydrogen) atoms. The van der Waals surface area contributed by atoms with E-state index in [9.17, 15) is 14.0 Å². The van der Waals surface area contributed by atoms with E-state index in [0.717, 1.165) is 25.3 Å². The van der Waals surface area contributed by atoms with Gasteiger partial charge in [0, 0.05) is 36.3 Å². The molecule has 1 saturated heterocycles. The maximum Gasteiger partial charge on any atom is 0.258 e. The van der Waals surface area contributed by atoms with Crippen LogP contribution in [0.15, 0.2) is 18.2 Å². The van der Waals surface area contributed by atoms with Gasteiger partial charge >= 0.3 is 0 Å². The van der Waals surface area contributed by atoms with Crippen LogP contribution in [0, 0.1) is 11.7 Å². The van der Waals surface area contributed by atoms with E-state index in [1.807, 2.05) is 0 Å². The summed E-state index contributed by atoms with van der Waals surface area (Å²) in [5, 5.41) is 6.12. The summed E-state index contributed by atoms with van der Waals surface area (Å²) in [6, 6.07) is 3.90. The lowest BCUT2D eigenvalue weighted by molar-refractivity contribution is -0.126. The molecule has 3 aliphatic carbocycles. The number of rotatable bonds is 6. The molecule has 7 nitrogen and oxygen atoms in total. The summed E-state index contributed by atoms with van der Waals surface area (Å²) in [4.78, 5) is 24.5. The van der Waals surface area contributed by atoms with Crippen molar-refractivity contribution in [2.24, 2.45) is 5.92 Å². The SMILES string of the molecule is O=C(COc1ccc(Cl)c(F)c1)NC12CC(C1)[C@@H](NC(=O)C1CNSN1)C2. The van der Waals surface area contributed by atoms with Gasteiger partial charge in [-0.3, -0.25) is 9.59 Å². The first kappa shape index (κ1) is 18.8. The molecule has 10 heteroatoms. The fourth-order valence-electron chi connectivity index (χ4n) is 4.06. The van der Waals surface area contributed by atoms with E-state index < -0.39 is 5.82 Å². The molecule has 146 valence electrons. The fraction of sp³-hybridized carbons (Fsp3) is 0.529. The van der Waals surface area contributed by atoms with Crippen molar-refractivity contribution in [3.8, 4) is 5.75 Å². The smallest absolute Gasteiger partial charge is 0.258 e. The van der Waals surface area contributed by atoms with Crippen LogP contribution in [-0.4, -0.2) is 42.6 Å². The molecule has 4 aliphatic rings. The van der Waals surface area contributed by atoms with Gasteiger partial charge in [0.2, 0.25) is 5.91 Å². The lowest BCUT2D eigenvalue weighted by atomic mass is 9.76. The minimum absolute atomic E-state index is 0.00687. The predicted molar refractivity (Wildman–Crippen MR) is 99.6 cm³/mol. The van der Waals surface area contributed by atoms with Crippen LogP contribution in [0.25, 0.3) is 0 Å². The molecule has 2 atom stereocenters. The largest absolute Gasteiger partial charge is 0.484 e. The van der Waals surface area contributed by atoms with E-state index in [0.29, 0.717) is 12.5 Å². The lowest BCUT2D eigenvalue weighted by Gasteiger charge is -2.39. The summed E-state index contributed by atoms with van der Waals surface area (Å²) >= 11 is 6.95. The zero-order chi connectivity index (χ0) is 19.0. The third-order valence-electron chi connectivity index (χ3n) is 5.36. The molecular formula is C17H20ClFN4O3S. The first-order chi connectivity index (χ1) is 12.9. The third-order valence-corrected chi connectivity index (χ3v) is 6.38. The van der Waals surface area contributed by atoms with E-state index in [-0.39, 0.29) is 46.8 Å². The Bertz CT molecular complexity index is 756. The van der Waals surface area contributed by atoms with Gasteiger partial charge < -0.3 is 15.4 Å². The van der Waals surface area contributed by atoms with Crippen LogP contribution >= 0.6 is 23.7 Å². The fourth-order valence-corrected chi connectivity index (χ4v) is 4.84. The number of benzene rings is 1. The van der Waals surface area contributed by atoms with E-state index in [1.165, 1.54) is 24.3 Å². The number of carbonyl (C=O) groups excluding carboxylic acids is 2. The number of ether oxygens (including phenoxy) is 1. The lowest BCUT2D eigenvalue weighted by Crippen LogP contribution is -2.53. The van der Waals surface area contributed by atoms with Crippen LogP contribution in [-0.2, 0) is 9.59 Å². The van der Waals surface area contributed by atoms with E-state index in [4.69, 9.17) is 16.3 Å². The summed E-state index contributed by atoms with van der Waals surface area (Å²) in [5.41, 5.74) is -0.273. The number of hydrogen-bond donors (Lipinski definition) is 4. The monoisotopic (exact) mass is 414 g/mol. The molecule has 1 aromatic carbocycles. The quantitative estimate of drug-likeness (QED) is 0.522. The maximum absolute atomic E-state index is 13.4. The second kappa shape index (κ2) is 7.46. The molecule has 2 bridgehead atoms. The first-order valence-electron chi connectivity index (χ1n) is 8.78. The second-order valence-corrected chi connectivity index (χ2v) is 8.44. The number of amides is 2. The van der Waals surface area contributed by atoms with Gasteiger partial charge in [0.05, 0.1) is 5.02 Å². The Balaban J connectivity index is 1.24. The highest BCUT2D eigenvalue weighted by molar-refractivity contribution is 7.95. The molecule has 5 rings (SSSR count). The summed E-state index contributed by atoms with van der Waals surface area (Å²) in [6.45, 7) is 0.401. The molecule has 0 radical (unpaired) electrons. The molecule has 2 amide bonds. The highest BCUT2D eigenvalue weighted by atomic mass is 35.5. The van der Waals surface area contributed by atoms with Crippen LogP contribution in [0.2, 0.25) is 5.02 Å². The van der Waals surface area contributed by atoms with Crippen molar-refractivity contribution in [2.45, 2.75) is 36.9 Å². The van der Waals surface area contributed by atoms with Gasteiger partial charge in [0.1, 0.15) is 17.6 Å². The van der Waals surface area contributed by atoms with Gasteiger partial charge in [-0.25, -0.2) is 13.8 Å². The number of fused-ring (bicyclic) bond motifs is 1. The topological polar surface area (TPSA) is 91.5 Å². The molecule has 1 aliphatic heterocycles. The Hall–Kier alpha value is -1.55. The van der Waals surface area contributed by atoms with Crippen molar-refractivity contribution in [3.63, 3.8) is 0 Å². The standard InChI is InChI=1S/C17H20ClFN4O3S/c18-11-2-1-10(3-12(11)19)26-8-15(24)22-17-4-9(5-17)13(6-17)21-16(25)14-7-20-27-23-14/h1-3,9,13-14,20,23H,4-8H2,(H,21,25)(H,22,24)/t9?,13-,14?,17?/m0/s1. The molecule has 1 unspecified atom stereocenters. The highest BCUT2D eigenvalue weighted by Gasteiger charge is 2.57. The Morgan fingerprint density at radius 3 is 2.89 bits per heavy atom. The van der Waals surface area contributed by atoms with Gasteiger partial charge in [-0.05, 0) is 37.3 Å². The normalized spacial score (nSPS) is 31.3. The van der Waals surface area contributed by atoms with Crippen LogP contribution in [0.4, 0.5) is 4.39 Å². The molecular weight excluding hydrogens is 395 g/mol. The molecule has 1 heterocycles. The Morgan fingerprint density at radius 2 is 2.19 bits per heavy atom. The zero-order valence-electron chi connectivity index (χ0n) is 14.4. The van der Waals surface area contributed by atoms with E-state index >= 15 is 0 Å². The van der Waals surface area contributed by atoms with Crippen molar-refractivity contribution in [3.05, 3.63) is 29.0 Å². The van der Waals surface area contributed by atoms with Crippen LogP contribution in [0.3, 0.4) is 0 Å². The zero-order valence-corrected chi connectivity index (χ0v) is 16.0. The summed E-state index contributed by atoms with van der Waals surface area (Å²) < 4.78 is 24.8. The second-order valence-electron chi connectivity index (χ2n) is 7.30. The Kier molecular flexibility index (Phi) is 5.19. The molecule has 1 aromatic rings. The van der Waals surface area contributed by atoms with Crippen molar-refractivity contribution in [2.75, 3.05) is 13.2 Å². The summed E-state index contributed by atoms with van der Waals surface area (Å²) in [6.07, 6.45) is 2.42. The number of halogens is 2. The van der Waals surface area contributed by atoms with Crippen molar-refractivity contribution in [1.29, 1.82) is 0 Å². The minimum atomic E-state index is -0.588. The summed E-state index contributed by atoms with van der Waals surface area (Å²) in [5.74, 6) is -0.214. The van der Waals surface area contributed by atoms with Crippen LogP contribution in [0.1, 0.15) is 19.3 Å². The number of carbonyl (C=O) groups is 2. The predicted octanol–water partition coefficient (Wildman–Crippen LogP) is 1.14. The first-order valence-corrected chi connectivity index (χ1v) is 9.97. The van der Waals surface area contributed by atoms with Gasteiger partial charge in [-0.1, -0.05) is 11.6 Å². The van der Waals surface area contributed by atoms with Gasteiger partial charge in [0.15, 0.2) is 6.61 Å². The molecule has 3 saturated carbocycles. The number of hydrogen-bond acceptors (Lipinski definition) is 6. The Morgan fingerprint density at radius 1 is 1.37 bits per heavy atom. The molecule has 4 fully saturated rings. The van der Waals surface area contributed by atoms with Crippen molar-refractivity contribution >= 4 is 35.5 Å². The van der Waals surface area contributed by atoms with Crippen molar-refractivity contribution in [1.82, 2.24) is 20.1 Å². The summed E-state index contributed by atoms with van der Waals surface area (Å²) in [7, 11) is 0. The van der Waals surface area contributed by atoms with Gasteiger partial charge in [0.25, 0.3) is 5.91 Å². The van der Waals surface area contributed by atoms with Crippen LogP contribution in [0.5, 0.6) is 5.75 Å². The van der Waals surface area contributed by atoms with Crippen LogP contribution < -0.4 is 24.8 Å². The van der Waals surface area contributed by atoms with Gasteiger partial charge in [-0.2, -0.15) is 0 Å². The average molecular weight is 415 g/mol. The average Bonchev–Trinajstić information content (AvgIpc) is 3.31. The van der Waals surface area contributed by atoms with Gasteiger partial charge in [-0.15, -0.1) is 0 Å². The maximum atomic E-state index is 13.4. The molecule has 0 spiro atoms. The van der Waals surface area contributed by atoms with E-state index in [2.05, 4.69) is 20.1 Å². The number of nitrogens with one attached hydrogen (secondary N) is 4. The third kappa shape index (κ3) is 4.01. The van der Waals surface area contributed by atoms with Crippen molar-refractivity contribution < 1.29 is 18.7 Å².